The van der Waals surface area contributed by atoms with E-state index >= 15 is 0 Å². The molecule has 0 aromatic rings. The van der Waals surface area contributed by atoms with E-state index in [1.54, 1.807) is 7.11 Å². The van der Waals surface area contributed by atoms with Crippen molar-refractivity contribution in [2.45, 2.75) is 38.8 Å². The summed E-state index contributed by atoms with van der Waals surface area (Å²) in [4.78, 5) is 2.54. The predicted octanol–water partition coefficient (Wildman–Crippen LogP) is 1.11. The molecule has 2 atom stereocenters. The fraction of sp³-hybridized carbons (Fsp3) is 1.00. The van der Waals surface area contributed by atoms with Gasteiger partial charge in [-0.05, 0) is 19.8 Å². The summed E-state index contributed by atoms with van der Waals surface area (Å²) in [6.07, 6.45) is 2.68. The Hall–Kier alpha value is -0.160. The van der Waals surface area contributed by atoms with E-state index in [0.717, 1.165) is 52.2 Å². The Morgan fingerprint density at radius 3 is 3.06 bits per heavy atom. The van der Waals surface area contributed by atoms with Crippen molar-refractivity contribution in [2.75, 3.05) is 46.5 Å². The molecule has 1 aliphatic heterocycles. The molecular formula is C13H28N2O2. The van der Waals surface area contributed by atoms with Gasteiger partial charge in [0.15, 0.2) is 0 Å². The quantitative estimate of drug-likeness (QED) is 0.680. The second-order valence-corrected chi connectivity index (χ2v) is 4.80. The Morgan fingerprint density at radius 2 is 2.35 bits per heavy atom. The van der Waals surface area contributed by atoms with Crippen molar-refractivity contribution in [3.05, 3.63) is 0 Å². The van der Waals surface area contributed by atoms with E-state index in [0.29, 0.717) is 12.1 Å². The van der Waals surface area contributed by atoms with Crippen LogP contribution in [0.2, 0.25) is 0 Å². The van der Waals surface area contributed by atoms with E-state index in [2.05, 4.69) is 24.1 Å². The number of ether oxygens (including phenoxy) is 2. The average molecular weight is 244 g/mol. The lowest BCUT2D eigenvalue weighted by atomic mass is 10.2. The smallest absolute Gasteiger partial charge is 0.0699 e. The van der Waals surface area contributed by atoms with Crippen LogP contribution in [0.1, 0.15) is 26.7 Å². The predicted molar refractivity (Wildman–Crippen MR) is 70.4 cm³/mol. The maximum absolute atomic E-state index is 5.79. The van der Waals surface area contributed by atoms with E-state index in [4.69, 9.17) is 9.47 Å². The monoisotopic (exact) mass is 244 g/mol. The molecule has 4 nitrogen and oxygen atoms in total. The maximum Gasteiger partial charge on any atom is 0.0699 e. The van der Waals surface area contributed by atoms with Gasteiger partial charge in [0.25, 0.3) is 0 Å². The molecule has 1 saturated heterocycles. The minimum atomic E-state index is 0.416. The first-order valence-corrected chi connectivity index (χ1v) is 6.83. The summed E-state index contributed by atoms with van der Waals surface area (Å²) in [5.41, 5.74) is 0. The molecule has 1 aliphatic rings. The topological polar surface area (TPSA) is 33.7 Å². The Kier molecular flexibility index (Phi) is 7.77. The first kappa shape index (κ1) is 14.9. The van der Waals surface area contributed by atoms with Gasteiger partial charge in [0, 0.05) is 45.9 Å². The van der Waals surface area contributed by atoms with E-state index in [1.165, 1.54) is 0 Å². The summed E-state index contributed by atoms with van der Waals surface area (Å²) in [5, 5.41) is 3.43. The molecule has 1 heterocycles. The third-order valence-corrected chi connectivity index (χ3v) is 3.38. The number of hydrogen-bond acceptors (Lipinski definition) is 4. The highest BCUT2D eigenvalue weighted by molar-refractivity contribution is 4.75. The normalized spacial score (nSPS) is 24.5. The molecule has 0 aromatic heterocycles. The minimum absolute atomic E-state index is 0.416. The summed E-state index contributed by atoms with van der Waals surface area (Å²) >= 11 is 0. The van der Waals surface area contributed by atoms with Crippen LogP contribution in [-0.2, 0) is 9.47 Å². The molecule has 0 saturated carbocycles. The third-order valence-electron chi connectivity index (χ3n) is 3.38. The molecule has 0 aliphatic carbocycles. The van der Waals surface area contributed by atoms with Crippen molar-refractivity contribution < 1.29 is 9.47 Å². The van der Waals surface area contributed by atoms with Gasteiger partial charge in [-0.2, -0.15) is 0 Å². The Labute approximate surface area is 106 Å². The highest BCUT2D eigenvalue weighted by Gasteiger charge is 2.20. The molecule has 4 heteroatoms. The maximum atomic E-state index is 5.79. The summed E-state index contributed by atoms with van der Waals surface area (Å²) in [5.74, 6) is 0. The van der Waals surface area contributed by atoms with E-state index in [1.807, 2.05) is 0 Å². The van der Waals surface area contributed by atoms with Crippen molar-refractivity contribution in [3.8, 4) is 0 Å². The molecule has 2 unspecified atom stereocenters. The highest BCUT2D eigenvalue weighted by atomic mass is 16.5. The number of hydrogen-bond donors (Lipinski definition) is 1. The largest absolute Gasteiger partial charge is 0.383 e. The zero-order chi connectivity index (χ0) is 12.5. The molecule has 1 rings (SSSR count). The first-order chi connectivity index (χ1) is 8.27. The van der Waals surface area contributed by atoms with Crippen LogP contribution in [0.4, 0.5) is 0 Å². The molecule has 1 N–H and O–H groups in total. The zero-order valence-electron chi connectivity index (χ0n) is 11.6. The minimum Gasteiger partial charge on any atom is -0.383 e. The molecule has 0 bridgehead atoms. The van der Waals surface area contributed by atoms with Crippen LogP contribution in [0.5, 0.6) is 0 Å². The number of methoxy groups -OCH3 is 1. The van der Waals surface area contributed by atoms with Gasteiger partial charge in [-0.25, -0.2) is 0 Å². The van der Waals surface area contributed by atoms with Crippen molar-refractivity contribution in [3.63, 3.8) is 0 Å². The van der Waals surface area contributed by atoms with Crippen LogP contribution in [0.15, 0.2) is 0 Å². The summed E-state index contributed by atoms with van der Waals surface area (Å²) in [6.45, 7) is 10.4. The molecule has 0 aromatic carbocycles. The lowest BCUT2D eigenvalue weighted by Crippen LogP contribution is -2.44. The van der Waals surface area contributed by atoms with Crippen LogP contribution in [-0.4, -0.2) is 63.5 Å². The SMILES string of the molecule is CCC1CN(C(C)CNCCOC)CCCO1. The first-order valence-electron chi connectivity index (χ1n) is 6.83. The fourth-order valence-electron chi connectivity index (χ4n) is 2.18. The van der Waals surface area contributed by atoms with Crippen LogP contribution in [0.25, 0.3) is 0 Å². The Morgan fingerprint density at radius 1 is 1.53 bits per heavy atom. The van der Waals surface area contributed by atoms with Crippen molar-refractivity contribution >= 4 is 0 Å². The van der Waals surface area contributed by atoms with Gasteiger partial charge in [0.1, 0.15) is 0 Å². The molecular weight excluding hydrogens is 216 g/mol. The second-order valence-electron chi connectivity index (χ2n) is 4.80. The van der Waals surface area contributed by atoms with Gasteiger partial charge in [-0.15, -0.1) is 0 Å². The lowest BCUT2D eigenvalue weighted by molar-refractivity contribution is 0.0465. The van der Waals surface area contributed by atoms with Gasteiger partial charge in [0.2, 0.25) is 0 Å². The molecule has 0 radical (unpaired) electrons. The zero-order valence-corrected chi connectivity index (χ0v) is 11.6. The van der Waals surface area contributed by atoms with Crippen LogP contribution in [0, 0.1) is 0 Å². The summed E-state index contributed by atoms with van der Waals surface area (Å²) in [7, 11) is 1.74. The standard InChI is InChI=1S/C13H28N2O2/c1-4-13-11-15(7-5-8-17-13)12(2)10-14-6-9-16-3/h12-14H,4-11H2,1-3H3. The van der Waals surface area contributed by atoms with E-state index in [-0.39, 0.29) is 0 Å². The second kappa shape index (κ2) is 8.86. The Bertz CT molecular complexity index is 190. The van der Waals surface area contributed by atoms with Gasteiger partial charge in [0.05, 0.1) is 12.7 Å². The van der Waals surface area contributed by atoms with Crippen molar-refractivity contribution in [1.82, 2.24) is 10.2 Å². The molecule has 17 heavy (non-hydrogen) atoms. The molecule has 0 amide bonds. The molecule has 102 valence electrons. The van der Waals surface area contributed by atoms with Crippen LogP contribution >= 0.6 is 0 Å². The van der Waals surface area contributed by atoms with Gasteiger partial charge < -0.3 is 14.8 Å². The summed E-state index contributed by atoms with van der Waals surface area (Å²) in [6, 6.07) is 0.572. The number of rotatable bonds is 7. The van der Waals surface area contributed by atoms with E-state index in [9.17, 15) is 0 Å². The van der Waals surface area contributed by atoms with Gasteiger partial charge >= 0.3 is 0 Å². The summed E-state index contributed by atoms with van der Waals surface area (Å²) < 4.78 is 10.8. The van der Waals surface area contributed by atoms with E-state index < -0.39 is 0 Å². The number of nitrogens with one attached hydrogen (secondary N) is 1. The van der Waals surface area contributed by atoms with Crippen molar-refractivity contribution in [1.29, 1.82) is 0 Å². The van der Waals surface area contributed by atoms with Crippen LogP contribution in [0.3, 0.4) is 0 Å². The Balaban J connectivity index is 2.25. The average Bonchev–Trinajstić information content (AvgIpc) is 2.59. The third kappa shape index (κ3) is 5.82. The van der Waals surface area contributed by atoms with Crippen LogP contribution < -0.4 is 5.32 Å². The highest BCUT2D eigenvalue weighted by Crippen LogP contribution is 2.11. The van der Waals surface area contributed by atoms with Gasteiger partial charge in [-0.1, -0.05) is 6.92 Å². The van der Waals surface area contributed by atoms with Gasteiger partial charge in [-0.3, -0.25) is 4.90 Å². The molecule has 1 fully saturated rings. The molecule has 0 spiro atoms. The fourth-order valence-corrected chi connectivity index (χ4v) is 2.18. The lowest BCUT2D eigenvalue weighted by Gasteiger charge is -2.29. The van der Waals surface area contributed by atoms with Crippen molar-refractivity contribution in [2.24, 2.45) is 0 Å². The number of nitrogens with zero attached hydrogens (tertiary/aromatic N) is 1.